The van der Waals surface area contributed by atoms with Crippen LogP contribution >= 0.6 is 0 Å². The fourth-order valence-corrected chi connectivity index (χ4v) is 2.95. The molecule has 1 aliphatic carbocycles. The van der Waals surface area contributed by atoms with Crippen LogP contribution in [0.4, 0.5) is 0 Å². The van der Waals surface area contributed by atoms with Gasteiger partial charge in [0.25, 0.3) is 0 Å². The van der Waals surface area contributed by atoms with Gasteiger partial charge in [-0.1, -0.05) is 50.9 Å². The Bertz CT molecular complexity index is 416. The van der Waals surface area contributed by atoms with Gasteiger partial charge >= 0.3 is 5.97 Å². The minimum absolute atomic E-state index is 0.305. The molecule has 1 aliphatic rings. The second-order valence-corrected chi connectivity index (χ2v) is 6.68. The van der Waals surface area contributed by atoms with Crippen LogP contribution in [-0.4, -0.2) is 22.3 Å². The van der Waals surface area contributed by atoms with E-state index in [4.69, 9.17) is 5.11 Å². The summed E-state index contributed by atoms with van der Waals surface area (Å²) in [5.74, 6) is 7.10. The van der Waals surface area contributed by atoms with Crippen molar-refractivity contribution >= 4 is 5.97 Å². The summed E-state index contributed by atoms with van der Waals surface area (Å²) >= 11 is 0. The van der Waals surface area contributed by atoms with Crippen LogP contribution in [0.5, 0.6) is 0 Å². The van der Waals surface area contributed by atoms with Crippen molar-refractivity contribution in [3.8, 4) is 11.8 Å². The lowest BCUT2D eigenvalue weighted by Crippen LogP contribution is -2.00. The molecule has 23 heavy (non-hydrogen) atoms. The Hall–Kier alpha value is -1.27. The number of carbonyl (C=O) groups is 1. The second kappa shape index (κ2) is 12.2. The summed E-state index contributed by atoms with van der Waals surface area (Å²) in [7, 11) is 0. The Kier molecular flexibility index (Phi) is 10.5. The van der Waals surface area contributed by atoms with E-state index in [-0.39, 0.29) is 6.10 Å². The molecule has 3 atom stereocenters. The maximum atomic E-state index is 10.4. The molecule has 0 heterocycles. The summed E-state index contributed by atoms with van der Waals surface area (Å²) in [6, 6.07) is 0. The zero-order valence-electron chi connectivity index (χ0n) is 14.5. The Morgan fingerprint density at radius 1 is 1.22 bits per heavy atom. The molecule has 1 unspecified atom stereocenters. The molecule has 3 nitrogen and oxygen atoms in total. The largest absolute Gasteiger partial charge is 0.481 e. The first-order valence-corrected chi connectivity index (χ1v) is 9.18. The maximum Gasteiger partial charge on any atom is 0.303 e. The van der Waals surface area contributed by atoms with Crippen LogP contribution < -0.4 is 0 Å². The number of carboxylic acid groups (broad SMARTS) is 1. The highest BCUT2D eigenvalue weighted by atomic mass is 16.4. The van der Waals surface area contributed by atoms with E-state index in [0.29, 0.717) is 6.42 Å². The van der Waals surface area contributed by atoms with E-state index in [1.165, 1.54) is 25.7 Å². The number of hydrogen-bond acceptors (Lipinski definition) is 2. The molecule has 0 bridgehead atoms. The normalized spacial score (nSPS) is 21.0. The first kappa shape index (κ1) is 19.8. The van der Waals surface area contributed by atoms with Crippen LogP contribution in [0.15, 0.2) is 12.2 Å². The second-order valence-electron chi connectivity index (χ2n) is 6.68. The van der Waals surface area contributed by atoms with E-state index < -0.39 is 5.97 Å². The number of carboxylic acids is 1. The van der Waals surface area contributed by atoms with Gasteiger partial charge in [0.1, 0.15) is 0 Å². The van der Waals surface area contributed by atoms with Gasteiger partial charge in [-0.15, -0.1) is 0 Å². The highest BCUT2D eigenvalue weighted by Crippen LogP contribution is 2.45. The summed E-state index contributed by atoms with van der Waals surface area (Å²) in [5.41, 5.74) is 0. The number of aliphatic carboxylic acids is 1. The van der Waals surface area contributed by atoms with Gasteiger partial charge in [0.15, 0.2) is 0 Å². The fraction of sp³-hybridized carbons (Fsp3) is 0.750. The lowest BCUT2D eigenvalue weighted by molar-refractivity contribution is -0.137. The smallest absolute Gasteiger partial charge is 0.303 e. The van der Waals surface area contributed by atoms with Crippen molar-refractivity contribution in [1.82, 2.24) is 0 Å². The molecule has 0 amide bonds. The lowest BCUT2D eigenvalue weighted by Gasteiger charge is -2.02. The van der Waals surface area contributed by atoms with E-state index in [0.717, 1.165) is 50.4 Å². The molecule has 1 rings (SSSR count). The topological polar surface area (TPSA) is 57.5 Å². The van der Waals surface area contributed by atoms with Gasteiger partial charge in [0.2, 0.25) is 0 Å². The minimum atomic E-state index is -0.684. The molecule has 0 aromatic heterocycles. The average molecular weight is 320 g/mol. The third-order valence-electron chi connectivity index (χ3n) is 4.53. The molecular formula is C20H32O3. The molecule has 0 radical (unpaired) electrons. The van der Waals surface area contributed by atoms with Crippen molar-refractivity contribution in [3.63, 3.8) is 0 Å². The van der Waals surface area contributed by atoms with Crippen molar-refractivity contribution in [2.75, 3.05) is 0 Å². The first-order chi connectivity index (χ1) is 11.1. The van der Waals surface area contributed by atoms with E-state index in [1.54, 1.807) is 12.2 Å². The van der Waals surface area contributed by atoms with Crippen LogP contribution in [0.25, 0.3) is 0 Å². The summed E-state index contributed by atoms with van der Waals surface area (Å²) in [6.45, 7) is 2.16. The first-order valence-electron chi connectivity index (χ1n) is 9.18. The molecule has 0 saturated heterocycles. The Labute approximate surface area is 141 Å². The zero-order valence-corrected chi connectivity index (χ0v) is 14.5. The number of rotatable bonds is 12. The molecule has 0 aromatic rings. The van der Waals surface area contributed by atoms with Gasteiger partial charge in [0.05, 0.1) is 6.10 Å². The Morgan fingerprint density at radius 2 is 2.00 bits per heavy atom. The van der Waals surface area contributed by atoms with Crippen molar-refractivity contribution < 1.29 is 15.0 Å². The molecule has 1 fully saturated rings. The van der Waals surface area contributed by atoms with Gasteiger partial charge in [-0.3, -0.25) is 4.79 Å². The minimum Gasteiger partial charge on any atom is -0.481 e. The molecule has 0 spiro atoms. The molecule has 1 saturated carbocycles. The molecule has 0 aliphatic heterocycles. The number of aliphatic hydroxyl groups excluding tert-OH is 1. The monoisotopic (exact) mass is 320 g/mol. The van der Waals surface area contributed by atoms with Gasteiger partial charge in [-0.05, 0) is 49.7 Å². The van der Waals surface area contributed by atoms with Crippen molar-refractivity contribution in [3.05, 3.63) is 12.2 Å². The van der Waals surface area contributed by atoms with E-state index in [1.807, 2.05) is 0 Å². The SMILES string of the molecule is CCCCCC(O)/C=C/C#CCC[C@H]1C[C@H]1CCCCC(=O)O. The summed E-state index contributed by atoms with van der Waals surface area (Å²) in [4.78, 5) is 10.4. The predicted molar refractivity (Wildman–Crippen MR) is 94.0 cm³/mol. The quantitative estimate of drug-likeness (QED) is 0.410. The van der Waals surface area contributed by atoms with Crippen LogP contribution in [0.3, 0.4) is 0 Å². The molecule has 130 valence electrons. The fourth-order valence-electron chi connectivity index (χ4n) is 2.95. The van der Waals surface area contributed by atoms with Crippen LogP contribution in [-0.2, 0) is 4.79 Å². The molecule has 3 heteroatoms. The summed E-state index contributed by atoms with van der Waals surface area (Å²) in [6.07, 6.45) is 14.2. The zero-order chi connectivity index (χ0) is 16.9. The third-order valence-corrected chi connectivity index (χ3v) is 4.53. The third kappa shape index (κ3) is 11.0. The van der Waals surface area contributed by atoms with E-state index >= 15 is 0 Å². The number of hydrogen-bond donors (Lipinski definition) is 2. The summed E-state index contributed by atoms with van der Waals surface area (Å²) < 4.78 is 0. The lowest BCUT2D eigenvalue weighted by atomic mass is 10.1. The van der Waals surface area contributed by atoms with Gasteiger partial charge < -0.3 is 10.2 Å². The van der Waals surface area contributed by atoms with Crippen LogP contribution in [0.1, 0.15) is 77.6 Å². The highest BCUT2D eigenvalue weighted by Gasteiger charge is 2.35. The van der Waals surface area contributed by atoms with Crippen molar-refractivity contribution in [2.24, 2.45) is 11.8 Å². The van der Waals surface area contributed by atoms with Crippen LogP contribution in [0.2, 0.25) is 0 Å². The molecule has 2 N–H and O–H groups in total. The molecular weight excluding hydrogens is 288 g/mol. The standard InChI is InChI=1S/C20H32O3/c1-2-3-6-13-19(21)14-8-5-4-7-11-17-16-18(17)12-9-10-15-20(22)23/h8,14,17-19,21H,2-3,6-7,9-13,15-16H2,1H3,(H,22,23)/b14-8+/t17-,18+,19?/m0/s1. The van der Waals surface area contributed by atoms with Gasteiger partial charge in [-0.2, -0.15) is 0 Å². The van der Waals surface area contributed by atoms with E-state index in [2.05, 4.69) is 18.8 Å². The molecule has 0 aromatic carbocycles. The maximum absolute atomic E-state index is 10.4. The van der Waals surface area contributed by atoms with Crippen molar-refractivity contribution in [1.29, 1.82) is 0 Å². The van der Waals surface area contributed by atoms with Crippen molar-refractivity contribution in [2.45, 2.75) is 83.7 Å². The Balaban J connectivity index is 1.98. The number of unbranched alkanes of at least 4 members (excludes halogenated alkanes) is 3. The van der Waals surface area contributed by atoms with Crippen LogP contribution in [0, 0.1) is 23.7 Å². The Morgan fingerprint density at radius 3 is 2.74 bits per heavy atom. The van der Waals surface area contributed by atoms with Gasteiger partial charge in [0, 0.05) is 12.8 Å². The average Bonchev–Trinajstić information content (AvgIpc) is 3.26. The summed E-state index contributed by atoms with van der Waals surface area (Å²) in [5, 5.41) is 18.3. The van der Waals surface area contributed by atoms with Gasteiger partial charge in [-0.25, -0.2) is 0 Å². The number of aliphatic hydroxyl groups is 1. The van der Waals surface area contributed by atoms with E-state index in [9.17, 15) is 9.90 Å². The number of allylic oxidation sites excluding steroid dienone is 1. The predicted octanol–water partition coefficient (Wildman–Crippen LogP) is 4.55. The highest BCUT2D eigenvalue weighted by molar-refractivity contribution is 5.66.